The van der Waals surface area contributed by atoms with Crippen molar-refractivity contribution in [2.75, 3.05) is 36.5 Å². The lowest BCUT2D eigenvalue weighted by atomic mass is 9.78. The summed E-state index contributed by atoms with van der Waals surface area (Å²) >= 11 is 1.33. The van der Waals surface area contributed by atoms with E-state index >= 15 is 0 Å². The van der Waals surface area contributed by atoms with E-state index in [-0.39, 0.29) is 24.2 Å². The van der Waals surface area contributed by atoms with Gasteiger partial charge in [0.15, 0.2) is 5.13 Å². The van der Waals surface area contributed by atoms with Crippen molar-refractivity contribution in [1.29, 1.82) is 0 Å². The van der Waals surface area contributed by atoms with Gasteiger partial charge in [0.05, 0.1) is 30.7 Å². The number of carboxylic acids is 1. The first-order valence-corrected chi connectivity index (χ1v) is 10.7. The summed E-state index contributed by atoms with van der Waals surface area (Å²) in [6.07, 6.45) is 0.172. The van der Waals surface area contributed by atoms with Crippen LogP contribution in [0.1, 0.15) is 21.8 Å². The topological polar surface area (TPSA) is 91.8 Å². The molecule has 0 atom stereocenters. The van der Waals surface area contributed by atoms with E-state index in [1.54, 1.807) is 0 Å². The number of carboxylic acid groups (broad SMARTS) is 1. The van der Waals surface area contributed by atoms with Crippen molar-refractivity contribution in [3.05, 3.63) is 53.0 Å². The van der Waals surface area contributed by atoms with Crippen LogP contribution < -0.4 is 10.2 Å². The maximum absolute atomic E-state index is 13.0. The lowest BCUT2D eigenvalue weighted by molar-refractivity contribution is -0.136. The number of nitrogens with one attached hydrogen (secondary N) is 1. The van der Waals surface area contributed by atoms with Crippen molar-refractivity contribution in [1.82, 2.24) is 4.98 Å². The van der Waals surface area contributed by atoms with Crippen LogP contribution in [-0.4, -0.2) is 48.3 Å². The summed E-state index contributed by atoms with van der Waals surface area (Å²) in [4.78, 5) is 31.3. The van der Waals surface area contributed by atoms with Gasteiger partial charge in [-0.05, 0) is 22.9 Å². The van der Waals surface area contributed by atoms with Gasteiger partial charge in [-0.15, -0.1) is 0 Å². The molecule has 0 unspecified atom stereocenters. The molecular weight excluding hydrogens is 402 g/mol. The summed E-state index contributed by atoms with van der Waals surface area (Å²) in [6, 6.07) is 13.7. The zero-order chi connectivity index (χ0) is 20.7. The minimum Gasteiger partial charge on any atom is -0.481 e. The number of anilines is 2. The first-order valence-electron chi connectivity index (χ1n) is 9.86. The summed E-state index contributed by atoms with van der Waals surface area (Å²) in [5.41, 5.74) is 1.48. The van der Waals surface area contributed by atoms with Crippen LogP contribution >= 0.6 is 11.3 Å². The van der Waals surface area contributed by atoms with E-state index < -0.39 is 5.97 Å². The summed E-state index contributed by atoms with van der Waals surface area (Å²) in [7, 11) is 0. The van der Waals surface area contributed by atoms with Crippen LogP contribution in [0, 0.1) is 5.41 Å². The molecule has 30 heavy (non-hydrogen) atoms. The third kappa shape index (κ3) is 3.53. The second kappa shape index (κ2) is 7.37. The highest BCUT2D eigenvalue weighted by molar-refractivity contribution is 7.17. The smallest absolute Gasteiger partial charge is 0.303 e. The van der Waals surface area contributed by atoms with Crippen molar-refractivity contribution in [2.24, 2.45) is 5.41 Å². The van der Waals surface area contributed by atoms with Crippen molar-refractivity contribution < 1.29 is 19.4 Å². The highest BCUT2D eigenvalue weighted by Crippen LogP contribution is 2.42. The van der Waals surface area contributed by atoms with Crippen LogP contribution in [-0.2, 0) is 16.0 Å². The molecule has 154 valence electrons. The quantitative estimate of drug-likeness (QED) is 0.631. The van der Waals surface area contributed by atoms with E-state index in [0.717, 1.165) is 42.2 Å². The predicted molar refractivity (Wildman–Crippen MR) is 115 cm³/mol. The first kappa shape index (κ1) is 19.0. The number of benzene rings is 2. The summed E-state index contributed by atoms with van der Waals surface area (Å²) in [6.45, 7) is 3.28. The number of nitrogens with zero attached hydrogens (tertiary/aromatic N) is 2. The van der Waals surface area contributed by atoms with Gasteiger partial charge in [-0.3, -0.25) is 9.59 Å². The number of carbonyl (C=O) groups excluding carboxylic acids is 1. The Morgan fingerprint density at radius 2 is 1.93 bits per heavy atom. The SMILES string of the molecule is O=C(O)CCc1nc(N2CC3(COC3)C2)sc1C(=O)Nc1ccc2ccccc2c1. The maximum atomic E-state index is 13.0. The molecule has 7 nitrogen and oxygen atoms in total. The fourth-order valence-corrected chi connectivity index (χ4v) is 4.98. The largest absolute Gasteiger partial charge is 0.481 e. The Morgan fingerprint density at radius 3 is 2.63 bits per heavy atom. The van der Waals surface area contributed by atoms with Crippen LogP contribution in [0.2, 0.25) is 0 Å². The number of rotatable bonds is 6. The minimum absolute atomic E-state index is 0.0583. The Balaban J connectivity index is 1.37. The Kier molecular flexibility index (Phi) is 4.67. The molecule has 5 rings (SSSR count). The van der Waals surface area contributed by atoms with Crippen LogP contribution in [0.15, 0.2) is 42.5 Å². The Labute approximate surface area is 177 Å². The average Bonchev–Trinajstić information content (AvgIpc) is 3.08. The van der Waals surface area contributed by atoms with Gasteiger partial charge >= 0.3 is 5.97 Å². The molecule has 0 bridgehead atoms. The molecule has 0 aliphatic carbocycles. The number of aryl methyl sites for hydroxylation is 1. The molecule has 0 radical (unpaired) electrons. The molecule has 1 spiro atoms. The third-order valence-corrected chi connectivity index (χ3v) is 6.77. The van der Waals surface area contributed by atoms with Crippen LogP contribution in [0.4, 0.5) is 10.8 Å². The maximum Gasteiger partial charge on any atom is 0.303 e. The molecule has 2 aliphatic rings. The van der Waals surface area contributed by atoms with Crippen molar-refractivity contribution in [3.63, 3.8) is 0 Å². The number of hydrogen-bond acceptors (Lipinski definition) is 6. The number of aliphatic carboxylic acids is 1. The van der Waals surface area contributed by atoms with Crippen LogP contribution in [0.25, 0.3) is 10.8 Å². The number of ether oxygens (including phenoxy) is 1. The number of carbonyl (C=O) groups is 2. The highest BCUT2D eigenvalue weighted by Gasteiger charge is 2.50. The van der Waals surface area contributed by atoms with Gasteiger partial charge in [0.25, 0.3) is 5.91 Å². The standard InChI is InChI=1S/C22H21N3O4S/c26-18(27)8-7-17-19(30-21(24-17)25-10-22(11-25)12-29-13-22)20(28)23-16-6-5-14-3-1-2-4-15(14)9-16/h1-6,9H,7-8,10-13H2,(H,23,28)(H,26,27). The monoisotopic (exact) mass is 423 g/mol. The predicted octanol–water partition coefficient (Wildman–Crippen LogP) is 3.40. The second-order valence-electron chi connectivity index (χ2n) is 8.03. The first-order chi connectivity index (χ1) is 14.5. The molecule has 2 aliphatic heterocycles. The molecule has 2 fully saturated rings. The van der Waals surface area contributed by atoms with Gasteiger partial charge in [-0.25, -0.2) is 4.98 Å². The third-order valence-electron chi connectivity index (χ3n) is 5.61. The number of hydrogen-bond donors (Lipinski definition) is 2. The zero-order valence-electron chi connectivity index (χ0n) is 16.3. The Bertz CT molecular complexity index is 1130. The minimum atomic E-state index is -0.903. The van der Waals surface area contributed by atoms with Crippen LogP contribution in [0.3, 0.4) is 0 Å². The Morgan fingerprint density at radius 1 is 1.17 bits per heavy atom. The number of aromatic nitrogens is 1. The van der Waals surface area contributed by atoms with E-state index in [1.807, 2.05) is 42.5 Å². The molecular formula is C22H21N3O4S. The van der Waals surface area contributed by atoms with Gasteiger partial charge < -0.3 is 20.1 Å². The lowest BCUT2D eigenvalue weighted by Gasteiger charge is -2.54. The molecule has 3 aromatic rings. The summed E-state index contributed by atoms with van der Waals surface area (Å²) < 4.78 is 5.32. The molecule has 3 heterocycles. The summed E-state index contributed by atoms with van der Waals surface area (Å²) in [5.74, 6) is -1.16. The second-order valence-corrected chi connectivity index (χ2v) is 9.01. The van der Waals surface area contributed by atoms with Crippen molar-refractivity contribution >= 4 is 44.8 Å². The lowest BCUT2D eigenvalue weighted by Crippen LogP contribution is -2.66. The van der Waals surface area contributed by atoms with Crippen molar-refractivity contribution in [3.8, 4) is 0 Å². The fourth-order valence-electron chi connectivity index (χ4n) is 3.97. The molecule has 2 saturated heterocycles. The summed E-state index contributed by atoms with van der Waals surface area (Å²) in [5, 5.41) is 14.9. The van der Waals surface area contributed by atoms with E-state index in [0.29, 0.717) is 16.3 Å². The molecule has 1 aromatic heterocycles. The van der Waals surface area contributed by atoms with Gasteiger partial charge in [0, 0.05) is 25.2 Å². The number of fused-ring (bicyclic) bond motifs is 1. The highest BCUT2D eigenvalue weighted by atomic mass is 32.1. The van der Waals surface area contributed by atoms with E-state index in [1.165, 1.54) is 11.3 Å². The Hall–Kier alpha value is -2.97. The number of thiazole rings is 1. The average molecular weight is 423 g/mol. The van der Waals surface area contributed by atoms with E-state index in [4.69, 9.17) is 9.84 Å². The van der Waals surface area contributed by atoms with Gasteiger partial charge in [-0.2, -0.15) is 0 Å². The fraction of sp³-hybridized carbons (Fsp3) is 0.318. The molecule has 0 saturated carbocycles. The molecule has 8 heteroatoms. The molecule has 2 aromatic carbocycles. The van der Waals surface area contributed by atoms with Gasteiger partial charge in [0.1, 0.15) is 4.88 Å². The molecule has 1 amide bonds. The normalized spacial score (nSPS) is 16.9. The van der Waals surface area contributed by atoms with Crippen molar-refractivity contribution in [2.45, 2.75) is 12.8 Å². The van der Waals surface area contributed by atoms with E-state index in [9.17, 15) is 9.59 Å². The van der Waals surface area contributed by atoms with Gasteiger partial charge in [-0.1, -0.05) is 41.7 Å². The van der Waals surface area contributed by atoms with Crippen LogP contribution in [0.5, 0.6) is 0 Å². The number of amides is 1. The molecule has 2 N–H and O–H groups in total. The van der Waals surface area contributed by atoms with E-state index in [2.05, 4.69) is 15.2 Å². The zero-order valence-corrected chi connectivity index (χ0v) is 17.1. The van der Waals surface area contributed by atoms with Gasteiger partial charge in [0.2, 0.25) is 0 Å².